The highest BCUT2D eigenvalue weighted by molar-refractivity contribution is 5.95. The van der Waals surface area contributed by atoms with Crippen LogP contribution in [-0.4, -0.2) is 29.9 Å². The summed E-state index contributed by atoms with van der Waals surface area (Å²) in [6.45, 7) is 1.01. The molecule has 6 heteroatoms. The maximum absolute atomic E-state index is 13.5. The minimum atomic E-state index is -0.331. The molecule has 25 heavy (non-hydrogen) atoms. The number of benzene rings is 1. The van der Waals surface area contributed by atoms with Gasteiger partial charge in [-0.3, -0.25) is 14.6 Å². The van der Waals surface area contributed by atoms with E-state index in [2.05, 4.69) is 10.3 Å². The van der Waals surface area contributed by atoms with Crippen LogP contribution in [0.5, 0.6) is 0 Å². The van der Waals surface area contributed by atoms with E-state index in [1.807, 2.05) is 0 Å². The topological polar surface area (TPSA) is 62.3 Å². The number of nitrogens with zero attached hydrogens (tertiary/aromatic N) is 2. The summed E-state index contributed by atoms with van der Waals surface area (Å²) >= 11 is 0. The average molecular weight is 341 g/mol. The van der Waals surface area contributed by atoms with Gasteiger partial charge >= 0.3 is 0 Å². The third kappa shape index (κ3) is 4.21. The van der Waals surface area contributed by atoms with Crippen molar-refractivity contribution in [3.63, 3.8) is 0 Å². The lowest BCUT2D eigenvalue weighted by atomic mass is 10.0. The summed E-state index contributed by atoms with van der Waals surface area (Å²) in [5.41, 5.74) is 2.18. The van der Waals surface area contributed by atoms with Gasteiger partial charge in [-0.05, 0) is 49.1 Å². The number of rotatable bonds is 5. The molecule has 0 spiro atoms. The lowest BCUT2D eigenvalue weighted by Crippen LogP contribution is -2.36. The summed E-state index contributed by atoms with van der Waals surface area (Å²) in [4.78, 5) is 29.9. The zero-order valence-electron chi connectivity index (χ0n) is 13.9. The first-order valence-corrected chi connectivity index (χ1v) is 8.42. The number of pyridine rings is 1. The maximum atomic E-state index is 13.5. The third-order valence-electron chi connectivity index (χ3n) is 4.24. The average Bonchev–Trinajstić information content (AvgIpc) is 2.65. The fraction of sp³-hybridized carbons (Fsp3) is 0.316. The van der Waals surface area contributed by atoms with Gasteiger partial charge in [-0.15, -0.1) is 0 Å². The molecule has 1 N–H and O–H groups in total. The minimum Gasteiger partial charge on any atom is -0.352 e. The van der Waals surface area contributed by atoms with Gasteiger partial charge in [0.25, 0.3) is 5.91 Å². The van der Waals surface area contributed by atoms with Crippen molar-refractivity contribution in [2.75, 3.05) is 18.0 Å². The molecule has 0 unspecified atom stereocenters. The molecule has 0 fully saturated rings. The quantitative estimate of drug-likeness (QED) is 0.851. The fourth-order valence-electron chi connectivity index (χ4n) is 2.98. The van der Waals surface area contributed by atoms with Crippen LogP contribution < -0.4 is 10.2 Å². The SMILES string of the molecule is O=C(NCCCC(=O)N1CCCc2ccc(F)cc21)c1cccnc1. The summed E-state index contributed by atoms with van der Waals surface area (Å²) in [5.74, 6) is -0.574. The Morgan fingerprint density at radius 1 is 1.28 bits per heavy atom. The first-order valence-electron chi connectivity index (χ1n) is 8.42. The molecular weight excluding hydrogens is 321 g/mol. The van der Waals surface area contributed by atoms with Gasteiger partial charge in [0.05, 0.1) is 5.56 Å². The molecule has 1 aliphatic heterocycles. The second-order valence-corrected chi connectivity index (χ2v) is 6.02. The number of hydrogen-bond donors (Lipinski definition) is 1. The number of halogens is 1. The van der Waals surface area contributed by atoms with Crippen LogP contribution in [0.15, 0.2) is 42.7 Å². The molecular formula is C19H20FN3O2. The number of fused-ring (bicyclic) bond motifs is 1. The molecule has 2 amide bonds. The van der Waals surface area contributed by atoms with Crippen LogP contribution in [0, 0.1) is 5.82 Å². The van der Waals surface area contributed by atoms with Crippen molar-refractivity contribution in [2.45, 2.75) is 25.7 Å². The van der Waals surface area contributed by atoms with Crippen molar-refractivity contribution in [1.29, 1.82) is 0 Å². The van der Waals surface area contributed by atoms with Crippen molar-refractivity contribution >= 4 is 17.5 Å². The molecule has 1 aromatic carbocycles. The largest absolute Gasteiger partial charge is 0.352 e. The summed E-state index contributed by atoms with van der Waals surface area (Å²) in [6.07, 6.45) is 5.69. The number of aryl methyl sites for hydroxylation is 1. The van der Waals surface area contributed by atoms with Crippen LogP contribution in [0.25, 0.3) is 0 Å². The monoisotopic (exact) mass is 341 g/mol. The normalized spacial score (nSPS) is 13.2. The predicted molar refractivity (Wildman–Crippen MR) is 92.9 cm³/mol. The molecule has 0 saturated heterocycles. The molecule has 1 aromatic heterocycles. The molecule has 0 aliphatic carbocycles. The Balaban J connectivity index is 1.51. The summed E-state index contributed by atoms with van der Waals surface area (Å²) in [7, 11) is 0. The second kappa shape index (κ2) is 7.88. The molecule has 0 atom stereocenters. The van der Waals surface area contributed by atoms with Crippen LogP contribution in [0.4, 0.5) is 10.1 Å². The molecule has 5 nitrogen and oxygen atoms in total. The summed E-state index contributed by atoms with van der Waals surface area (Å²) < 4.78 is 13.5. The number of amides is 2. The highest BCUT2D eigenvalue weighted by atomic mass is 19.1. The van der Waals surface area contributed by atoms with Crippen molar-refractivity contribution in [1.82, 2.24) is 10.3 Å². The van der Waals surface area contributed by atoms with Crippen LogP contribution in [-0.2, 0) is 11.2 Å². The van der Waals surface area contributed by atoms with Crippen LogP contribution in [0.3, 0.4) is 0 Å². The number of hydrogen-bond acceptors (Lipinski definition) is 3. The smallest absolute Gasteiger partial charge is 0.252 e. The van der Waals surface area contributed by atoms with Gasteiger partial charge in [0.15, 0.2) is 0 Å². The second-order valence-electron chi connectivity index (χ2n) is 6.02. The summed E-state index contributed by atoms with van der Waals surface area (Å²) in [6, 6.07) is 7.99. The van der Waals surface area contributed by atoms with Gasteiger partial charge in [-0.1, -0.05) is 6.07 Å². The highest BCUT2D eigenvalue weighted by Gasteiger charge is 2.22. The standard InChI is InChI=1S/C19H20FN3O2/c20-16-8-7-14-5-3-11-23(17(14)12-16)18(24)6-2-10-22-19(25)15-4-1-9-21-13-15/h1,4,7-9,12-13H,2-3,5-6,10-11H2,(H,22,25). The van der Waals surface area contributed by atoms with Crippen LogP contribution in [0.1, 0.15) is 35.2 Å². The number of carbonyl (C=O) groups excluding carboxylic acids is 2. The van der Waals surface area contributed by atoms with E-state index in [-0.39, 0.29) is 17.6 Å². The minimum absolute atomic E-state index is 0.0397. The molecule has 1 aliphatic rings. The zero-order valence-corrected chi connectivity index (χ0v) is 13.9. The Bertz CT molecular complexity index is 765. The van der Waals surface area contributed by atoms with E-state index in [9.17, 15) is 14.0 Å². The van der Waals surface area contributed by atoms with Gasteiger partial charge in [0, 0.05) is 37.6 Å². The van der Waals surface area contributed by atoms with Crippen molar-refractivity contribution in [3.05, 3.63) is 59.7 Å². The first-order chi connectivity index (χ1) is 12.1. The molecule has 3 rings (SSSR count). The zero-order chi connectivity index (χ0) is 17.6. The highest BCUT2D eigenvalue weighted by Crippen LogP contribution is 2.28. The van der Waals surface area contributed by atoms with Gasteiger partial charge in [-0.2, -0.15) is 0 Å². The number of anilines is 1. The lowest BCUT2D eigenvalue weighted by molar-refractivity contribution is -0.118. The van der Waals surface area contributed by atoms with E-state index in [0.717, 1.165) is 18.4 Å². The molecule has 2 aromatic rings. The predicted octanol–water partition coefficient (Wildman–Crippen LogP) is 2.71. The Morgan fingerprint density at radius 2 is 2.16 bits per heavy atom. The lowest BCUT2D eigenvalue weighted by Gasteiger charge is -2.29. The van der Waals surface area contributed by atoms with E-state index >= 15 is 0 Å². The Hall–Kier alpha value is -2.76. The van der Waals surface area contributed by atoms with Gasteiger partial charge in [-0.25, -0.2) is 4.39 Å². The van der Waals surface area contributed by atoms with Crippen molar-refractivity contribution in [2.24, 2.45) is 0 Å². The number of carbonyl (C=O) groups is 2. The van der Waals surface area contributed by atoms with Crippen LogP contribution >= 0.6 is 0 Å². The Labute approximate surface area is 145 Å². The van der Waals surface area contributed by atoms with E-state index < -0.39 is 0 Å². The van der Waals surface area contributed by atoms with Crippen LogP contribution in [0.2, 0.25) is 0 Å². The van der Waals surface area contributed by atoms with E-state index in [1.165, 1.54) is 18.3 Å². The maximum Gasteiger partial charge on any atom is 0.252 e. The molecule has 0 radical (unpaired) electrons. The Kier molecular flexibility index (Phi) is 5.38. The molecule has 130 valence electrons. The fourth-order valence-corrected chi connectivity index (χ4v) is 2.98. The first kappa shape index (κ1) is 17.1. The Morgan fingerprint density at radius 3 is 2.96 bits per heavy atom. The number of nitrogens with one attached hydrogen (secondary N) is 1. The molecule has 2 heterocycles. The molecule has 0 bridgehead atoms. The van der Waals surface area contributed by atoms with Gasteiger partial charge in [0.2, 0.25) is 5.91 Å². The third-order valence-corrected chi connectivity index (χ3v) is 4.24. The summed E-state index contributed by atoms with van der Waals surface area (Å²) in [5, 5.41) is 2.78. The van der Waals surface area contributed by atoms with E-state index in [0.29, 0.717) is 37.2 Å². The van der Waals surface area contributed by atoms with Crippen molar-refractivity contribution < 1.29 is 14.0 Å². The van der Waals surface area contributed by atoms with Gasteiger partial charge in [0.1, 0.15) is 5.82 Å². The van der Waals surface area contributed by atoms with Crippen molar-refractivity contribution in [3.8, 4) is 0 Å². The van der Waals surface area contributed by atoms with E-state index in [1.54, 1.807) is 29.3 Å². The van der Waals surface area contributed by atoms with E-state index in [4.69, 9.17) is 0 Å². The van der Waals surface area contributed by atoms with Gasteiger partial charge < -0.3 is 10.2 Å². The number of aromatic nitrogens is 1. The molecule has 0 saturated carbocycles.